The van der Waals surface area contributed by atoms with Crippen molar-refractivity contribution < 1.29 is 9.53 Å². The standard InChI is InChI=1S/C20H23Br2N3O2/c1-14(20(26)23-19-8-3-15(21)13-18(19)22)24-9-11-25(12-10-24)16-4-6-17(27-2)7-5-16/h3-8,13-14H,9-12H2,1-2H3,(H,23,26). The van der Waals surface area contributed by atoms with Crippen molar-refractivity contribution in [3.8, 4) is 5.75 Å². The fourth-order valence-electron chi connectivity index (χ4n) is 3.15. The maximum atomic E-state index is 12.7. The van der Waals surface area contributed by atoms with E-state index in [1.807, 2.05) is 37.3 Å². The smallest absolute Gasteiger partial charge is 0.241 e. The highest BCUT2D eigenvalue weighted by Crippen LogP contribution is 2.27. The van der Waals surface area contributed by atoms with Crippen LogP contribution in [0.4, 0.5) is 11.4 Å². The van der Waals surface area contributed by atoms with Crippen LogP contribution in [0.15, 0.2) is 51.4 Å². The summed E-state index contributed by atoms with van der Waals surface area (Å²) in [6.45, 7) is 5.45. The van der Waals surface area contributed by atoms with Crippen molar-refractivity contribution in [1.29, 1.82) is 0 Å². The Hall–Kier alpha value is -1.57. The minimum absolute atomic E-state index is 0.0101. The van der Waals surface area contributed by atoms with Crippen molar-refractivity contribution in [3.63, 3.8) is 0 Å². The molecular formula is C20H23Br2N3O2. The molecule has 144 valence electrons. The van der Waals surface area contributed by atoms with Crippen molar-refractivity contribution in [3.05, 3.63) is 51.4 Å². The van der Waals surface area contributed by atoms with Gasteiger partial charge in [0.1, 0.15) is 5.75 Å². The van der Waals surface area contributed by atoms with Crippen molar-refractivity contribution in [2.75, 3.05) is 43.5 Å². The Labute approximate surface area is 176 Å². The van der Waals surface area contributed by atoms with Gasteiger partial charge in [-0.15, -0.1) is 0 Å². The van der Waals surface area contributed by atoms with Gasteiger partial charge in [0, 0.05) is 40.8 Å². The molecule has 1 N–H and O–H groups in total. The van der Waals surface area contributed by atoms with Crippen molar-refractivity contribution >= 4 is 49.1 Å². The molecule has 1 aliphatic rings. The van der Waals surface area contributed by atoms with E-state index in [1.165, 1.54) is 5.69 Å². The van der Waals surface area contributed by atoms with E-state index in [0.29, 0.717) is 0 Å². The fraction of sp³-hybridized carbons (Fsp3) is 0.350. The second-order valence-corrected chi connectivity index (χ2v) is 8.28. The molecule has 5 nitrogen and oxygen atoms in total. The molecule has 0 aliphatic carbocycles. The largest absolute Gasteiger partial charge is 0.497 e. The first-order valence-electron chi connectivity index (χ1n) is 8.87. The van der Waals surface area contributed by atoms with E-state index in [-0.39, 0.29) is 11.9 Å². The highest BCUT2D eigenvalue weighted by Gasteiger charge is 2.26. The molecule has 7 heteroatoms. The van der Waals surface area contributed by atoms with Gasteiger partial charge < -0.3 is 15.0 Å². The van der Waals surface area contributed by atoms with Gasteiger partial charge in [-0.25, -0.2) is 0 Å². The molecule has 1 amide bonds. The Morgan fingerprint density at radius 3 is 2.33 bits per heavy atom. The maximum absolute atomic E-state index is 12.7. The molecule has 1 fully saturated rings. The van der Waals surface area contributed by atoms with Crippen molar-refractivity contribution in [2.45, 2.75) is 13.0 Å². The molecular weight excluding hydrogens is 474 g/mol. The first kappa shape index (κ1) is 20.2. The molecule has 1 unspecified atom stereocenters. The van der Waals surface area contributed by atoms with Gasteiger partial charge in [-0.1, -0.05) is 15.9 Å². The Kier molecular flexibility index (Phi) is 6.78. The lowest BCUT2D eigenvalue weighted by Gasteiger charge is -2.38. The molecule has 2 aromatic carbocycles. The third kappa shape index (κ3) is 5.03. The zero-order chi connectivity index (χ0) is 19.4. The third-order valence-electron chi connectivity index (χ3n) is 4.87. The number of hydrogen-bond donors (Lipinski definition) is 1. The van der Waals surface area contributed by atoms with Crippen LogP contribution in [0.3, 0.4) is 0 Å². The summed E-state index contributed by atoms with van der Waals surface area (Å²) in [7, 11) is 1.67. The summed E-state index contributed by atoms with van der Waals surface area (Å²) in [5.74, 6) is 0.873. The average Bonchev–Trinajstić information content (AvgIpc) is 2.69. The zero-order valence-corrected chi connectivity index (χ0v) is 18.6. The highest BCUT2D eigenvalue weighted by atomic mass is 79.9. The number of ether oxygens (including phenoxy) is 1. The molecule has 27 heavy (non-hydrogen) atoms. The van der Waals surface area contributed by atoms with Gasteiger partial charge in [0.15, 0.2) is 0 Å². The highest BCUT2D eigenvalue weighted by molar-refractivity contribution is 9.11. The first-order valence-corrected chi connectivity index (χ1v) is 10.5. The van der Waals surface area contributed by atoms with Crippen LogP contribution in [0.5, 0.6) is 5.75 Å². The molecule has 0 spiro atoms. The van der Waals surface area contributed by atoms with Gasteiger partial charge in [0.05, 0.1) is 18.8 Å². The normalized spacial score (nSPS) is 16.1. The number of rotatable bonds is 5. The van der Waals surface area contributed by atoms with E-state index < -0.39 is 0 Å². The van der Waals surface area contributed by atoms with Crippen molar-refractivity contribution in [2.24, 2.45) is 0 Å². The molecule has 2 aromatic rings. The number of methoxy groups -OCH3 is 1. The Morgan fingerprint density at radius 2 is 1.74 bits per heavy atom. The van der Waals surface area contributed by atoms with Gasteiger partial charge in [-0.3, -0.25) is 9.69 Å². The Morgan fingerprint density at radius 1 is 1.07 bits per heavy atom. The van der Waals surface area contributed by atoms with Crippen LogP contribution in [0.1, 0.15) is 6.92 Å². The summed E-state index contributed by atoms with van der Waals surface area (Å²) < 4.78 is 7.05. The number of anilines is 2. The third-order valence-corrected chi connectivity index (χ3v) is 6.02. The minimum atomic E-state index is -0.182. The lowest BCUT2D eigenvalue weighted by atomic mass is 10.2. The van der Waals surface area contributed by atoms with E-state index in [9.17, 15) is 4.79 Å². The number of piperazine rings is 1. The van der Waals surface area contributed by atoms with Gasteiger partial charge in [-0.05, 0) is 65.3 Å². The second kappa shape index (κ2) is 9.08. The molecule has 3 rings (SSSR count). The summed E-state index contributed by atoms with van der Waals surface area (Å²) in [6.07, 6.45) is 0. The summed E-state index contributed by atoms with van der Waals surface area (Å²) in [5, 5.41) is 3.01. The molecule has 0 radical (unpaired) electrons. The molecule has 1 aliphatic heterocycles. The van der Waals surface area contributed by atoms with Crippen LogP contribution in [0, 0.1) is 0 Å². The molecule has 1 heterocycles. The topological polar surface area (TPSA) is 44.8 Å². The molecule has 0 saturated carbocycles. The molecule has 1 saturated heterocycles. The predicted octanol–water partition coefficient (Wildman–Crippen LogP) is 4.37. The van der Waals surface area contributed by atoms with Crippen LogP contribution in [0.25, 0.3) is 0 Å². The first-order chi connectivity index (χ1) is 13.0. The number of carbonyl (C=O) groups is 1. The van der Waals surface area contributed by atoms with Crippen molar-refractivity contribution in [1.82, 2.24) is 4.90 Å². The summed E-state index contributed by atoms with van der Waals surface area (Å²) >= 11 is 6.92. The van der Waals surface area contributed by atoms with E-state index in [1.54, 1.807) is 7.11 Å². The second-order valence-electron chi connectivity index (χ2n) is 6.51. The fourth-order valence-corrected chi connectivity index (χ4v) is 4.30. The SMILES string of the molecule is COc1ccc(N2CCN(C(C)C(=O)Nc3ccc(Br)cc3Br)CC2)cc1. The summed E-state index contributed by atoms with van der Waals surface area (Å²) in [5.41, 5.74) is 1.97. The number of benzene rings is 2. The van der Waals surface area contributed by atoms with Gasteiger partial charge >= 0.3 is 0 Å². The average molecular weight is 497 g/mol. The Balaban J connectivity index is 1.55. The zero-order valence-electron chi connectivity index (χ0n) is 15.4. The van der Waals surface area contributed by atoms with E-state index in [2.05, 4.69) is 59.1 Å². The lowest BCUT2D eigenvalue weighted by molar-refractivity contribution is -0.120. The molecule has 0 bridgehead atoms. The number of halogens is 2. The van der Waals surface area contributed by atoms with E-state index in [0.717, 1.165) is 46.6 Å². The Bertz CT molecular complexity index is 790. The van der Waals surface area contributed by atoms with Gasteiger partial charge in [-0.2, -0.15) is 0 Å². The maximum Gasteiger partial charge on any atom is 0.241 e. The predicted molar refractivity (Wildman–Crippen MR) is 117 cm³/mol. The summed E-state index contributed by atoms with van der Waals surface area (Å²) in [4.78, 5) is 17.2. The van der Waals surface area contributed by atoms with Gasteiger partial charge in [0.25, 0.3) is 0 Å². The van der Waals surface area contributed by atoms with Gasteiger partial charge in [0.2, 0.25) is 5.91 Å². The number of nitrogens with one attached hydrogen (secondary N) is 1. The molecule has 0 aromatic heterocycles. The number of carbonyl (C=O) groups excluding carboxylic acids is 1. The lowest BCUT2D eigenvalue weighted by Crippen LogP contribution is -2.52. The van der Waals surface area contributed by atoms with Crippen LogP contribution >= 0.6 is 31.9 Å². The number of amides is 1. The molecule has 1 atom stereocenters. The van der Waals surface area contributed by atoms with Crippen LogP contribution in [-0.2, 0) is 4.79 Å². The number of hydrogen-bond acceptors (Lipinski definition) is 4. The summed E-state index contributed by atoms with van der Waals surface area (Å²) in [6, 6.07) is 13.7. The monoisotopic (exact) mass is 495 g/mol. The number of nitrogens with zero attached hydrogens (tertiary/aromatic N) is 2. The van der Waals surface area contributed by atoms with Crippen LogP contribution < -0.4 is 15.0 Å². The van der Waals surface area contributed by atoms with E-state index >= 15 is 0 Å². The minimum Gasteiger partial charge on any atom is -0.497 e. The van der Waals surface area contributed by atoms with Crippen LogP contribution in [-0.4, -0.2) is 50.1 Å². The quantitative estimate of drug-likeness (QED) is 0.667. The van der Waals surface area contributed by atoms with Crippen LogP contribution in [0.2, 0.25) is 0 Å². The van der Waals surface area contributed by atoms with E-state index in [4.69, 9.17) is 4.74 Å².